The molecule has 0 spiro atoms. The summed E-state index contributed by atoms with van der Waals surface area (Å²) in [6.07, 6.45) is 2.79. The topological polar surface area (TPSA) is 69.9 Å². The highest BCUT2D eigenvalue weighted by atomic mass is 16.5. The van der Waals surface area contributed by atoms with Crippen molar-refractivity contribution < 1.29 is 4.52 Å². The SMILES string of the molecule is CCc1nc(Cn2ccc3cccc(CN)c32)no1. The fourth-order valence-corrected chi connectivity index (χ4v) is 2.29. The van der Waals surface area contributed by atoms with Gasteiger partial charge in [0.25, 0.3) is 0 Å². The van der Waals surface area contributed by atoms with Crippen LogP contribution >= 0.6 is 0 Å². The summed E-state index contributed by atoms with van der Waals surface area (Å²) < 4.78 is 7.24. The van der Waals surface area contributed by atoms with E-state index in [1.807, 2.05) is 25.3 Å². The van der Waals surface area contributed by atoms with E-state index in [-0.39, 0.29) is 0 Å². The minimum absolute atomic E-state index is 0.522. The molecule has 98 valence electrons. The standard InChI is InChI=1S/C14H16N4O/c1-2-13-16-12(17-19-13)9-18-7-6-10-4-3-5-11(8-15)14(10)18/h3-7H,2,8-9,15H2,1H3. The first kappa shape index (κ1) is 11.9. The van der Waals surface area contributed by atoms with Crippen LogP contribution in [0.2, 0.25) is 0 Å². The maximum Gasteiger partial charge on any atom is 0.226 e. The maximum atomic E-state index is 5.80. The molecule has 2 aromatic heterocycles. The van der Waals surface area contributed by atoms with Crippen LogP contribution in [0.25, 0.3) is 10.9 Å². The van der Waals surface area contributed by atoms with Crippen molar-refractivity contribution in [3.63, 3.8) is 0 Å². The van der Waals surface area contributed by atoms with Crippen LogP contribution in [0.15, 0.2) is 35.0 Å². The highest BCUT2D eigenvalue weighted by Crippen LogP contribution is 2.20. The van der Waals surface area contributed by atoms with Crippen LogP contribution in [0.5, 0.6) is 0 Å². The van der Waals surface area contributed by atoms with E-state index >= 15 is 0 Å². The predicted octanol–water partition coefficient (Wildman–Crippen LogP) is 2.09. The lowest BCUT2D eigenvalue weighted by Crippen LogP contribution is -2.04. The number of para-hydroxylation sites is 1. The number of nitrogens with zero attached hydrogens (tertiary/aromatic N) is 3. The summed E-state index contributed by atoms with van der Waals surface area (Å²) in [7, 11) is 0. The van der Waals surface area contributed by atoms with Crippen LogP contribution in [-0.4, -0.2) is 14.7 Å². The van der Waals surface area contributed by atoms with E-state index in [0.29, 0.717) is 24.8 Å². The molecule has 0 amide bonds. The van der Waals surface area contributed by atoms with Crippen LogP contribution < -0.4 is 5.73 Å². The van der Waals surface area contributed by atoms with Crippen LogP contribution in [-0.2, 0) is 19.5 Å². The van der Waals surface area contributed by atoms with Crippen molar-refractivity contribution in [3.05, 3.63) is 47.7 Å². The van der Waals surface area contributed by atoms with Crippen molar-refractivity contribution in [3.8, 4) is 0 Å². The number of benzene rings is 1. The quantitative estimate of drug-likeness (QED) is 0.776. The van der Waals surface area contributed by atoms with E-state index in [0.717, 1.165) is 17.5 Å². The zero-order valence-electron chi connectivity index (χ0n) is 10.8. The van der Waals surface area contributed by atoms with E-state index < -0.39 is 0 Å². The third kappa shape index (κ3) is 2.13. The van der Waals surface area contributed by atoms with Crippen molar-refractivity contribution in [1.82, 2.24) is 14.7 Å². The van der Waals surface area contributed by atoms with Crippen LogP contribution in [0.1, 0.15) is 24.2 Å². The molecule has 0 aliphatic carbocycles. The fourth-order valence-electron chi connectivity index (χ4n) is 2.29. The lowest BCUT2D eigenvalue weighted by atomic mass is 10.1. The molecule has 0 saturated carbocycles. The molecular weight excluding hydrogens is 240 g/mol. The van der Waals surface area contributed by atoms with E-state index in [4.69, 9.17) is 10.3 Å². The molecule has 2 N–H and O–H groups in total. The highest BCUT2D eigenvalue weighted by molar-refractivity contribution is 5.83. The molecule has 0 bridgehead atoms. The average molecular weight is 256 g/mol. The zero-order chi connectivity index (χ0) is 13.2. The van der Waals surface area contributed by atoms with Gasteiger partial charge in [0.2, 0.25) is 5.89 Å². The summed E-state index contributed by atoms with van der Waals surface area (Å²) in [5.41, 5.74) is 8.07. The summed E-state index contributed by atoms with van der Waals surface area (Å²) >= 11 is 0. The Balaban J connectivity index is 2.00. The summed E-state index contributed by atoms with van der Waals surface area (Å²) in [6.45, 7) is 3.12. The summed E-state index contributed by atoms with van der Waals surface area (Å²) in [6, 6.07) is 8.24. The first-order valence-corrected chi connectivity index (χ1v) is 6.40. The van der Waals surface area contributed by atoms with Crippen LogP contribution in [0, 0.1) is 0 Å². The largest absolute Gasteiger partial charge is 0.339 e. The van der Waals surface area contributed by atoms with Crippen molar-refractivity contribution >= 4 is 10.9 Å². The van der Waals surface area contributed by atoms with E-state index in [2.05, 4.69) is 26.8 Å². The van der Waals surface area contributed by atoms with E-state index in [1.54, 1.807) is 0 Å². The molecule has 5 heteroatoms. The van der Waals surface area contributed by atoms with Gasteiger partial charge in [-0.15, -0.1) is 0 Å². The minimum Gasteiger partial charge on any atom is -0.339 e. The van der Waals surface area contributed by atoms with Gasteiger partial charge in [0.1, 0.15) is 0 Å². The van der Waals surface area contributed by atoms with Gasteiger partial charge < -0.3 is 14.8 Å². The van der Waals surface area contributed by atoms with Crippen molar-refractivity contribution in [2.24, 2.45) is 5.73 Å². The molecule has 19 heavy (non-hydrogen) atoms. The fraction of sp³-hybridized carbons (Fsp3) is 0.286. The van der Waals surface area contributed by atoms with Gasteiger partial charge in [0, 0.05) is 19.2 Å². The molecule has 0 atom stereocenters. The van der Waals surface area contributed by atoms with Gasteiger partial charge in [0.05, 0.1) is 12.1 Å². The number of rotatable bonds is 4. The molecule has 0 unspecified atom stereocenters. The van der Waals surface area contributed by atoms with Gasteiger partial charge in [-0.25, -0.2) is 0 Å². The average Bonchev–Trinajstić information content (AvgIpc) is 3.06. The molecular formula is C14H16N4O. The second-order valence-corrected chi connectivity index (χ2v) is 4.46. The monoisotopic (exact) mass is 256 g/mol. The number of nitrogens with two attached hydrogens (primary N) is 1. The summed E-state index contributed by atoms with van der Waals surface area (Å²) in [5, 5.41) is 5.17. The third-order valence-corrected chi connectivity index (χ3v) is 3.22. The molecule has 5 nitrogen and oxygen atoms in total. The second kappa shape index (κ2) is 4.85. The van der Waals surface area contributed by atoms with E-state index in [9.17, 15) is 0 Å². The lowest BCUT2D eigenvalue weighted by Gasteiger charge is -2.06. The van der Waals surface area contributed by atoms with Gasteiger partial charge in [-0.05, 0) is 17.0 Å². The van der Waals surface area contributed by atoms with Gasteiger partial charge in [0.15, 0.2) is 5.82 Å². The summed E-state index contributed by atoms with van der Waals surface area (Å²) in [5.74, 6) is 1.37. The normalized spacial score (nSPS) is 11.3. The Labute approximate surface area is 111 Å². The predicted molar refractivity (Wildman–Crippen MR) is 72.6 cm³/mol. The van der Waals surface area contributed by atoms with Crippen molar-refractivity contribution in [1.29, 1.82) is 0 Å². The number of hydrogen-bond donors (Lipinski definition) is 1. The first-order chi connectivity index (χ1) is 9.31. The molecule has 0 radical (unpaired) electrons. The van der Waals surface area contributed by atoms with Gasteiger partial charge in [-0.2, -0.15) is 4.98 Å². The maximum absolute atomic E-state index is 5.80. The zero-order valence-corrected chi connectivity index (χ0v) is 10.8. The number of hydrogen-bond acceptors (Lipinski definition) is 4. The molecule has 0 saturated heterocycles. The molecule has 3 aromatic rings. The second-order valence-electron chi connectivity index (χ2n) is 4.46. The minimum atomic E-state index is 0.522. The van der Waals surface area contributed by atoms with Crippen LogP contribution in [0.3, 0.4) is 0 Å². The summed E-state index contributed by atoms with van der Waals surface area (Å²) in [4.78, 5) is 4.34. The Bertz CT molecular complexity index is 698. The molecule has 0 aliphatic heterocycles. The highest BCUT2D eigenvalue weighted by Gasteiger charge is 2.09. The molecule has 2 heterocycles. The Morgan fingerprint density at radius 2 is 2.21 bits per heavy atom. The lowest BCUT2D eigenvalue weighted by molar-refractivity contribution is 0.375. The Kier molecular flexibility index (Phi) is 3.05. The Morgan fingerprint density at radius 1 is 1.32 bits per heavy atom. The molecule has 0 fully saturated rings. The number of aromatic nitrogens is 3. The smallest absolute Gasteiger partial charge is 0.226 e. The van der Waals surface area contributed by atoms with Crippen molar-refractivity contribution in [2.75, 3.05) is 0 Å². The number of aryl methyl sites for hydroxylation is 1. The van der Waals surface area contributed by atoms with Gasteiger partial charge in [-0.1, -0.05) is 30.3 Å². The van der Waals surface area contributed by atoms with Crippen molar-refractivity contribution in [2.45, 2.75) is 26.4 Å². The molecule has 3 rings (SSSR count). The van der Waals surface area contributed by atoms with E-state index in [1.165, 1.54) is 5.39 Å². The Morgan fingerprint density at radius 3 is 2.95 bits per heavy atom. The first-order valence-electron chi connectivity index (χ1n) is 6.40. The third-order valence-electron chi connectivity index (χ3n) is 3.22. The van der Waals surface area contributed by atoms with Gasteiger partial charge >= 0.3 is 0 Å². The molecule has 1 aromatic carbocycles. The van der Waals surface area contributed by atoms with Crippen LogP contribution in [0.4, 0.5) is 0 Å². The molecule has 0 aliphatic rings. The number of fused-ring (bicyclic) bond motifs is 1. The Hall–Kier alpha value is -2.14. The van der Waals surface area contributed by atoms with Gasteiger partial charge in [-0.3, -0.25) is 0 Å².